The summed E-state index contributed by atoms with van der Waals surface area (Å²) in [4.78, 5) is 20.5. The van der Waals surface area contributed by atoms with Crippen molar-refractivity contribution in [3.05, 3.63) is 29.2 Å². The molecule has 0 radical (unpaired) electrons. The molecule has 2 saturated heterocycles. The zero-order valence-corrected chi connectivity index (χ0v) is 19.5. The molecule has 0 atom stereocenters. The van der Waals surface area contributed by atoms with Crippen molar-refractivity contribution in [1.82, 2.24) is 24.2 Å². The van der Waals surface area contributed by atoms with Gasteiger partial charge in [-0.05, 0) is 11.4 Å². The van der Waals surface area contributed by atoms with Gasteiger partial charge in [0.15, 0.2) is 5.82 Å². The number of nitrogens with zero attached hydrogens (tertiary/aromatic N) is 5. The second kappa shape index (κ2) is 10.8. The van der Waals surface area contributed by atoms with E-state index in [-0.39, 0.29) is 18.3 Å². The molecule has 31 heavy (non-hydrogen) atoms. The van der Waals surface area contributed by atoms with Gasteiger partial charge in [-0.15, -0.1) is 23.7 Å². The van der Waals surface area contributed by atoms with E-state index in [0.717, 1.165) is 0 Å². The maximum absolute atomic E-state index is 12.6. The highest BCUT2D eigenvalue weighted by atomic mass is 35.5. The largest absolute Gasteiger partial charge is 0.378 e. The van der Waals surface area contributed by atoms with Gasteiger partial charge >= 0.3 is 0 Å². The lowest BCUT2D eigenvalue weighted by molar-refractivity contribution is -0.135. The van der Waals surface area contributed by atoms with E-state index in [1.807, 2.05) is 0 Å². The number of sulfonamides is 1. The molecule has 4 heterocycles. The number of ether oxygens (including phenoxy) is 1. The predicted molar refractivity (Wildman–Crippen MR) is 116 cm³/mol. The highest BCUT2D eigenvalue weighted by Crippen LogP contribution is 2.22. The zero-order chi connectivity index (χ0) is 21.0. The number of amides is 1. The van der Waals surface area contributed by atoms with Crippen LogP contribution in [0.3, 0.4) is 0 Å². The number of rotatable bonds is 7. The number of carbonyl (C=O) groups is 1. The Kier molecular flexibility index (Phi) is 8.42. The first kappa shape index (κ1) is 24.1. The molecule has 13 heteroatoms. The summed E-state index contributed by atoms with van der Waals surface area (Å²) in [6, 6.07) is 3.38. The molecule has 4 rings (SSSR count). The summed E-state index contributed by atoms with van der Waals surface area (Å²) in [7, 11) is -3.40. The Hall–Kier alpha value is -1.57. The molecule has 0 N–H and O–H groups in total. The van der Waals surface area contributed by atoms with Crippen molar-refractivity contribution in [2.24, 2.45) is 0 Å². The van der Waals surface area contributed by atoms with Crippen LogP contribution in [0.15, 0.2) is 26.2 Å². The van der Waals surface area contributed by atoms with E-state index < -0.39 is 10.0 Å². The topological polar surface area (TPSA) is 109 Å². The lowest BCUT2D eigenvalue weighted by Gasteiger charge is -2.32. The summed E-state index contributed by atoms with van der Waals surface area (Å²) >= 11 is 1.24. The fourth-order valence-electron chi connectivity index (χ4n) is 3.51. The first-order valence-corrected chi connectivity index (χ1v) is 12.3. The van der Waals surface area contributed by atoms with E-state index in [1.54, 1.807) is 22.4 Å². The van der Waals surface area contributed by atoms with Crippen LogP contribution in [-0.2, 0) is 32.5 Å². The number of morpholine rings is 1. The number of hydrogen-bond acceptors (Lipinski definition) is 9. The molecule has 10 nitrogen and oxygen atoms in total. The van der Waals surface area contributed by atoms with Crippen molar-refractivity contribution in [1.29, 1.82) is 0 Å². The van der Waals surface area contributed by atoms with Crippen LogP contribution >= 0.6 is 23.7 Å². The lowest BCUT2D eigenvalue weighted by Crippen LogP contribution is -2.48. The molecule has 1 amide bonds. The fourth-order valence-corrected chi connectivity index (χ4v) is 6.07. The second-order valence-electron chi connectivity index (χ2n) is 7.21. The van der Waals surface area contributed by atoms with Gasteiger partial charge in [0.05, 0.1) is 19.8 Å². The van der Waals surface area contributed by atoms with E-state index in [0.29, 0.717) is 87.8 Å². The molecule has 2 aliphatic heterocycles. The summed E-state index contributed by atoms with van der Waals surface area (Å²) in [5.41, 5.74) is 0. The number of hydrogen-bond donors (Lipinski definition) is 0. The number of carbonyl (C=O) groups excluding carboxylic acids is 1. The maximum atomic E-state index is 12.6. The number of aromatic nitrogens is 2. The van der Waals surface area contributed by atoms with E-state index >= 15 is 0 Å². The fraction of sp³-hybridized carbons (Fsp3) is 0.611. The average molecular weight is 492 g/mol. The van der Waals surface area contributed by atoms with Crippen molar-refractivity contribution in [2.45, 2.75) is 23.6 Å². The minimum atomic E-state index is -3.40. The monoisotopic (exact) mass is 491 g/mol. The molecule has 0 saturated carbocycles. The van der Waals surface area contributed by atoms with Crippen LogP contribution in [0, 0.1) is 0 Å². The van der Waals surface area contributed by atoms with Crippen LogP contribution < -0.4 is 0 Å². The number of halogens is 1. The second-order valence-corrected chi connectivity index (χ2v) is 10.3. The molecule has 0 aliphatic carbocycles. The summed E-state index contributed by atoms with van der Waals surface area (Å²) in [5.74, 6) is 1.07. The molecular weight excluding hydrogens is 466 g/mol. The molecule has 0 unspecified atom stereocenters. The molecule has 2 fully saturated rings. The Morgan fingerprint density at radius 1 is 1.13 bits per heavy atom. The van der Waals surface area contributed by atoms with Crippen molar-refractivity contribution >= 4 is 39.7 Å². The van der Waals surface area contributed by atoms with Gasteiger partial charge in [0, 0.05) is 52.1 Å². The van der Waals surface area contributed by atoms with Crippen LogP contribution in [0.1, 0.15) is 18.1 Å². The Labute approximate surface area is 191 Å². The number of piperazine rings is 1. The normalized spacial score (nSPS) is 18.6. The van der Waals surface area contributed by atoms with Crippen LogP contribution in [-0.4, -0.2) is 91.1 Å². The van der Waals surface area contributed by atoms with Crippen molar-refractivity contribution in [3.63, 3.8) is 0 Å². The van der Waals surface area contributed by atoms with Gasteiger partial charge in [0.25, 0.3) is 10.0 Å². The van der Waals surface area contributed by atoms with E-state index in [2.05, 4.69) is 15.0 Å². The smallest absolute Gasteiger partial charge is 0.252 e. The molecular formula is C18H26ClN5O5S2. The van der Waals surface area contributed by atoms with Crippen LogP contribution in [0.5, 0.6) is 0 Å². The first-order chi connectivity index (χ1) is 14.5. The molecule has 0 bridgehead atoms. The summed E-state index contributed by atoms with van der Waals surface area (Å²) in [6.45, 7) is 4.97. The van der Waals surface area contributed by atoms with Gasteiger partial charge < -0.3 is 14.2 Å². The first-order valence-electron chi connectivity index (χ1n) is 9.95. The Morgan fingerprint density at radius 3 is 2.55 bits per heavy atom. The van der Waals surface area contributed by atoms with Gasteiger partial charge in [0.2, 0.25) is 11.8 Å². The van der Waals surface area contributed by atoms with Gasteiger partial charge in [-0.2, -0.15) is 9.29 Å². The highest BCUT2D eigenvalue weighted by Gasteiger charge is 2.29. The average Bonchev–Trinajstić information content (AvgIpc) is 3.46. The van der Waals surface area contributed by atoms with Gasteiger partial charge in [-0.25, -0.2) is 8.42 Å². The van der Waals surface area contributed by atoms with E-state index in [9.17, 15) is 13.2 Å². The molecule has 2 aromatic heterocycles. The molecule has 2 aliphatic rings. The third kappa shape index (κ3) is 6.02. The SMILES string of the molecule is Cl.O=C(CCc1nc(CN2CCN(S(=O)(=O)c3cccs3)CC2)no1)N1CCOCC1. The van der Waals surface area contributed by atoms with Crippen LogP contribution in [0.2, 0.25) is 0 Å². The lowest BCUT2D eigenvalue weighted by atomic mass is 10.2. The third-order valence-electron chi connectivity index (χ3n) is 5.21. The van der Waals surface area contributed by atoms with E-state index in [4.69, 9.17) is 9.26 Å². The van der Waals surface area contributed by atoms with Crippen molar-refractivity contribution < 1.29 is 22.5 Å². The highest BCUT2D eigenvalue weighted by molar-refractivity contribution is 7.91. The Balaban J connectivity index is 0.00000272. The molecule has 172 valence electrons. The summed E-state index contributed by atoms with van der Waals surface area (Å²) in [6.07, 6.45) is 0.747. The zero-order valence-electron chi connectivity index (χ0n) is 17.0. The van der Waals surface area contributed by atoms with Crippen LogP contribution in [0.25, 0.3) is 0 Å². The Bertz CT molecular complexity index is 938. The standard InChI is InChI=1S/C18H25N5O5S2.ClH/c24-17(22-9-11-27-12-10-22)4-3-16-19-15(20-28-16)14-21-5-7-23(8-6-21)30(25,26)18-2-1-13-29-18;/h1-2,13H,3-12,14H2;1H. The van der Waals surface area contributed by atoms with Crippen molar-refractivity contribution in [2.75, 3.05) is 52.5 Å². The van der Waals surface area contributed by atoms with Gasteiger partial charge in [-0.3, -0.25) is 9.69 Å². The van der Waals surface area contributed by atoms with Crippen LogP contribution in [0.4, 0.5) is 0 Å². The predicted octanol–water partition coefficient (Wildman–Crippen LogP) is 0.851. The van der Waals surface area contributed by atoms with Gasteiger partial charge in [-0.1, -0.05) is 11.2 Å². The Morgan fingerprint density at radius 2 is 1.87 bits per heavy atom. The minimum absolute atomic E-state index is 0. The quantitative estimate of drug-likeness (QED) is 0.560. The number of thiophene rings is 1. The minimum Gasteiger partial charge on any atom is -0.378 e. The summed E-state index contributed by atoms with van der Waals surface area (Å²) in [5, 5.41) is 5.78. The van der Waals surface area contributed by atoms with E-state index in [1.165, 1.54) is 15.6 Å². The maximum Gasteiger partial charge on any atom is 0.252 e. The molecule has 0 spiro atoms. The van der Waals surface area contributed by atoms with Gasteiger partial charge in [0.1, 0.15) is 4.21 Å². The number of aryl methyl sites for hydroxylation is 1. The third-order valence-corrected chi connectivity index (χ3v) is 8.48. The molecule has 2 aromatic rings. The molecule has 0 aromatic carbocycles. The van der Waals surface area contributed by atoms with Crippen molar-refractivity contribution in [3.8, 4) is 0 Å². The summed E-state index contributed by atoms with van der Waals surface area (Å²) < 4.78 is 37.6.